The number of aromatic nitrogens is 3. The lowest BCUT2D eigenvalue weighted by Crippen LogP contribution is -2.40. The van der Waals surface area contributed by atoms with Crippen molar-refractivity contribution < 1.29 is 28.6 Å². The second kappa shape index (κ2) is 12.8. The predicted molar refractivity (Wildman–Crippen MR) is 140 cm³/mol. The highest BCUT2D eigenvalue weighted by molar-refractivity contribution is 5.80. The SMILES string of the molecule is [C-]#[N+]c1c(CC2C(C)CC(C)CC2C)c2nc(C)[nH]n2c1OC(=O)NC(CC(=O)OCC)CC(=O)OCC. The number of rotatable bonds is 10. The number of nitrogens with one attached hydrogen (secondary N) is 2. The zero-order valence-electron chi connectivity index (χ0n) is 23.1. The van der Waals surface area contributed by atoms with Crippen molar-refractivity contribution in [3.63, 3.8) is 0 Å². The molecule has 1 amide bonds. The number of ether oxygens (including phenoxy) is 3. The van der Waals surface area contributed by atoms with E-state index in [0.717, 1.165) is 18.4 Å². The van der Waals surface area contributed by atoms with Gasteiger partial charge in [0, 0.05) is 5.56 Å². The third kappa shape index (κ3) is 6.85. The molecule has 3 rings (SSSR count). The molecule has 1 aliphatic rings. The van der Waals surface area contributed by atoms with E-state index in [1.54, 1.807) is 20.8 Å². The van der Waals surface area contributed by atoms with E-state index in [4.69, 9.17) is 20.8 Å². The Kier molecular flexibility index (Phi) is 9.78. The topological polar surface area (TPSA) is 128 Å². The Balaban J connectivity index is 1.87. The van der Waals surface area contributed by atoms with E-state index in [2.05, 4.69) is 41.0 Å². The Hall–Kier alpha value is -3.55. The summed E-state index contributed by atoms with van der Waals surface area (Å²) in [4.78, 5) is 45.4. The highest BCUT2D eigenvalue weighted by Crippen LogP contribution is 2.44. The summed E-state index contributed by atoms with van der Waals surface area (Å²) in [6.45, 7) is 20.2. The van der Waals surface area contributed by atoms with Crippen LogP contribution in [0.5, 0.6) is 5.88 Å². The number of carbonyl (C=O) groups excluding carboxylic acids is 3. The summed E-state index contributed by atoms with van der Waals surface area (Å²) >= 11 is 0. The van der Waals surface area contributed by atoms with Gasteiger partial charge in [-0.3, -0.25) is 14.7 Å². The first-order valence-electron chi connectivity index (χ1n) is 13.3. The zero-order valence-corrected chi connectivity index (χ0v) is 23.1. The van der Waals surface area contributed by atoms with Gasteiger partial charge in [-0.05, 0) is 63.7 Å². The normalized spacial score (nSPS) is 21.2. The first-order chi connectivity index (χ1) is 18.1. The number of esters is 2. The number of nitrogens with zero attached hydrogens (tertiary/aromatic N) is 3. The van der Waals surface area contributed by atoms with Crippen molar-refractivity contribution in [1.82, 2.24) is 19.9 Å². The fraction of sp³-hybridized carbons (Fsp3) is 0.667. The molecule has 38 heavy (non-hydrogen) atoms. The molecule has 0 aromatic carbocycles. The van der Waals surface area contributed by atoms with Crippen molar-refractivity contribution in [2.75, 3.05) is 13.2 Å². The molecule has 2 N–H and O–H groups in total. The van der Waals surface area contributed by atoms with Gasteiger partial charge in [0.05, 0.1) is 38.7 Å². The van der Waals surface area contributed by atoms with Crippen molar-refractivity contribution in [2.24, 2.45) is 23.7 Å². The third-order valence-electron chi connectivity index (χ3n) is 7.23. The van der Waals surface area contributed by atoms with E-state index in [1.165, 1.54) is 4.52 Å². The van der Waals surface area contributed by atoms with Crippen LogP contribution in [0.1, 0.15) is 71.7 Å². The standard InChI is InChI=1S/C27H39N5O6/c1-8-36-22(33)12-19(13-23(34)37-9-2)30-27(35)38-26-24(28-7)21(25-29-18(6)31-32(25)26)14-20-16(4)10-15(3)11-17(20)5/h15-17,19-20H,8-14H2,1-6H3,(H,29,31)(H,30,35). The summed E-state index contributed by atoms with van der Waals surface area (Å²) in [6.07, 6.45) is 1.55. The Morgan fingerprint density at radius 3 is 2.21 bits per heavy atom. The van der Waals surface area contributed by atoms with E-state index in [0.29, 0.717) is 41.6 Å². The Labute approximate surface area is 223 Å². The molecule has 208 valence electrons. The summed E-state index contributed by atoms with van der Waals surface area (Å²) in [5, 5.41) is 5.62. The van der Waals surface area contributed by atoms with Crippen LogP contribution in [-0.4, -0.2) is 51.9 Å². The lowest BCUT2D eigenvalue weighted by molar-refractivity contribution is -0.145. The molecule has 2 aromatic heterocycles. The summed E-state index contributed by atoms with van der Waals surface area (Å²) in [7, 11) is 0. The van der Waals surface area contributed by atoms with Crippen LogP contribution in [0.3, 0.4) is 0 Å². The smallest absolute Gasteiger partial charge is 0.413 e. The monoisotopic (exact) mass is 529 g/mol. The molecular weight excluding hydrogens is 490 g/mol. The molecule has 2 aromatic rings. The number of hydrogen-bond acceptors (Lipinski definition) is 7. The number of aromatic amines is 1. The van der Waals surface area contributed by atoms with Gasteiger partial charge in [0.1, 0.15) is 11.5 Å². The van der Waals surface area contributed by atoms with Crippen LogP contribution < -0.4 is 10.1 Å². The van der Waals surface area contributed by atoms with Crippen LogP contribution in [0.25, 0.3) is 10.5 Å². The number of H-pyrrole nitrogens is 1. The largest absolute Gasteiger partial charge is 0.466 e. The first kappa shape index (κ1) is 29.0. The van der Waals surface area contributed by atoms with E-state index in [9.17, 15) is 14.4 Å². The quantitative estimate of drug-likeness (QED) is 0.336. The van der Waals surface area contributed by atoms with Crippen LogP contribution in [0, 0.1) is 37.2 Å². The average molecular weight is 530 g/mol. The van der Waals surface area contributed by atoms with Crippen molar-refractivity contribution in [3.05, 3.63) is 22.8 Å². The number of aryl methyl sites for hydroxylation is 1. The van der Waals surface area contributed by atoms with Gasteiger partial charge in [0.25, 0.3) is 5.69 Å². The van der Waals surface area contributed by atoms with E-state index in [-0.39, 0.29) is 37.6 Å². The minimum atomic E-state index is -0.903. The van der Waals surface area contributed by atoms with Gasteiger partial charge < -0.3 is 19.5 Å². The fourth-order valence-electron chi connectivity index (χ4n) is 5.75. The van der Waals surface area contributed by atoms with E-state index >= 15 is 0 Å². The summed E-state index contributed by atoms with van der Waals surface area (Å²) < 4.78 is 17.1. The van der Waals surface area contributed by atoms with Crippen LogP contribution in [0.15, 0.2) is 0 Å². The average Bonchev–Trinajstić information content (AvgIpc) is 3.31. The molecule has 0 bridgehead atoms. The molecule has 1 saturated carbocycles. The summed E-state index contributed by atoms with van der Waals surface area (Å²) in [5.74, 6) is 1.52. The molecule has 0 saturated heterocycles. The lowest BCUT2D eigenvalue weighted by atomic mass is 9.67. The maximum atomic E-state index is 13.0. The molecule has 0 spiro atoms. The number of amides is 1. The van der Waals surface area contributed by atoms with Crippen LogP contribution >= 0.6 is 0 Å². The zero-order chi connectivity index (χ0) is 28.0. The van der Waals surface area contributed by atoms with Crippen molar-refractivity contribution >= 4 is 29.4 Å². The second-order valence-corrected chi connectivity index (χ2v) is 10.4. The molecule has 11 nitrogen and oxygen atoms in total. The molecule has 2 atom stereocenters. The maximum absolute atomic E-state index is 13.0. The Morgan fingerprint density at radius 2 is 1.68 bits per heavy atom. The van der Waals surface area contributed by atoms with E-state index < -0.39 is 24.1 Å². The van der Waals surface area contributed by atoms with Gasteiger partial charge in [0.15, 0.2) is 0 Å². The summed E-state index contributed by atoms with van der Waals surface area (Å²) in [5.41, 5.74) is 1.54. The van der Waals surface area contributed by atoms with Gasteiger partial charge in [-0.2, -0.15) is 0 Å². The number of hydrogen-bond donors (Lipinski definition) is 2. The summed E-state index contributed by atoms with van der Waals surface area (Å²) in [6, 6.07) is -0.902. The molecule has 2 unspecified atom stereocenters. The highest BCUT2D eigenvalue weighted by atomic mass is 16.6. The van der Waals surface area contributed by atoms with Gasteiger partial charge in [-0.15, -0.1) is 0 Å². The van der Waals surface area contributed by atoms with Crippen molar-refractivity contribution in [3.8, 4) is 5.88 Å². The number of fused-ring (bicyclic) bond motifs is 1. The molecule has 0 radical (unpaired) electrons. The van der Waals surface area contributed by atoms with Crippen LogP contribution in [0.2, 0.25) is 0 Å². The molecule has 1 fully saturated rings. The minimum Gasteiger partial charge on any atom is -0.466 e. The van der Waals surface area contributed by atoms with Gasteiger partial charge in [-0.1, -0.05) is 20.8 Å². The maximum Gasteiger partial charge on any atom is 0.413 e. The Bertz CT molecular complexity index is 1160. The fourth-order valence-corrected chi connectivity index (χ4v) is 5.75. The third-order valence-corrected chi connectivity index (χ3v) is 7.23. The molecule has 0 aliphatic heterocycles. The van der Waals surface area contributed by atoms with E-state index in [1.807, 2.05) is 0 Å². The van der Waals surface area contributed by atoms with Gasteiger partial charge in [-0.25, -0.2) is 19.1 Å². The van der Waals surface area contributed by atoms with Crippen molar-refractivity contribution in [2.45, 2.75) is 79.7 Å². The molecule has 11 heteroatoms. The highest BCUT2D eigenvalue weighted by Gasteiger charge is 2.35. The predicted octanol–water partition coefficient (Wildman–Crippen LogP) is 4.75. The van der Waals surface area contributed by atoms with Crippen molar-refractivity contribution in [1.29, 1.82) is 0 Å². The van der Waals surface area contributed by atoms with Crippen LogP contribution in [0.4, 0.5) is 10.5 Å². The molecular formula is C27H39N5O6. The van der Waals surface area contributed by atoms with Gasteiger partial charge in [0.2, 0.25) is 5.88 Å². The van der Waals surface area contributed by atoms with Crippen LogP contribution in [-0.2, 0) is 25.5 Å². The molecule has 1 aliphatic carbocycles. The minimum absolute atomic E-state index is 0.0265. The lowest BCUT2D eigenvalue weighted by Gasteiger charge is -2.38. The molecule has 2 heterocycles. The first-order valence-corrected chi connectivity index (χ1v) is 13.3. The Morgan fingerprint density at radius 1 is 1.11 bits per heavy atom. The second-order valence-electron chi connectivity index (χ2n) is 10.4. The number of carbonyl (C=O) groups is 3. The van der Waals surface area contributed by atoms with Gasteiger partial charge >= 0.3 is 18.0 Å².